The van der Waals surface area contributed by atoms with E-state index in [1.807, 2.05) is 0 Å². The van der Waals surface area contributed by atoms with Gasteiger partial charge in [-0.15, -0.1) is 0 Å². The molecule has 4 aromatic rings. The number of rotatable bonds is 6. The van der Waals surface area contributed by atoms with Gasteiger partial charge in [0, 0.05) is 29.3 Å². The molecule has 2 aliphatic rings. The maximum atomic E-state index is 15.0. The predicted molar refractivity (Wildman–Crippen MR) is 152 cm³/mol. The van der Waals surface area contributed by atoms with Crippen LogP contribution in [0.3, 0.4) is 0 Å². The Balaban J connectivity index is 1.58. The lowest BCUT2D eigenvalue weighted by molar-refractivity contribution is -0.126. The van der Waals surface area contributed by atoms with Gasteiger partial charge in [-0.25, -0.2) is 8.78 Å². The molecule has 210 valence electrons. The molecule has 1 spiro atoms. The molecule has 0 saturated carbocycles. The molecule has 9 heteroatoms. The van der Waals surface area contributed by atoms with Crippen molar-refractivity contribution in [1.82, 2.24) is 5.32 Å². The normalized spacial score (nSPS) is 23.2. The molecule has 4 atom stereocenters. The smallest absolute Gasteiger partial charge is 0.237 e. The highest BCUT2D eigenvalue weighted by Gasteiger charge is 2.61. The van der Waals surface area contributed by atoms with Gasteiger partial charge in [0.05, 0.1) is 13.2 Å². The number of hydrogen-bond acceptors (Lipinski definition) is 5. The minimum absolute atomic E-state index is 0.323. The maximum absolute atomic E-state index is 15.0. The SMILES string of the molecule is COc1ccc(Oc2ccc(F)cc2[C@H]2NC(OC)C[C@@H](c3cccc(F)c3)[C@]23C(=O)Nc2cc(Cl)ccc23)cc1. The van der Waals surface area contributed by atoms with Crippen molar-refractivity contribution in [1.29, 1.82) is 0 Å². The largest absolute Gasteiger partial charge is 0.497 e. The number of carbonyl (C=O) groups is 1. The first-order valence-electron chi connectivity index (χ1n) is 13.1. The third-order valence-electron chi connectivity index (χ3n) is 7.96. The van der Waals surface area contributed by atoms with E-state index in [1.54, 1.807) is 68.8 Å². The van der Waals surface area contributed by atoms with Crippen molar-refractivity contribution in [2.75, 3.05) is 19.5 Å². The molecule has 2 aliphatic heterocycles. The number of fused-ring (bicyclic) bond motifs is 2. The molecule has 1 fully saturated rings. The molecule has 6 rings (SSSR count). The number of amides is 1. The Kier molecular flexibility index (Phi) is 7.15. The summed E-state index contributed by atoms with van der Waals surface area (Å²) in [5.41, 5.74) is 0.884. The van der Waals surface area contributed by atoms with Crippen LogP contribution in [0.15, 0.2) is 84.9 Å². The molecule has 2 N–H and O–H groups in total. The number of carbonyl (C=O) groups excluding carboxylic acids is 1. The van der Waals surface area contributed by atoms with Crippen LogP contribution in [0.1, 0.15) is 35.1 Å². The summed E-state index contributed by atoms with van der Waals surface area (Å²) < 4.78 is 46.9. The Morgan fingerprint density at radius 3 is 2.39 bits per heavy atom. The molecule has 41 heavy (non-hydrogen) atoms. The highest BCUT2D eigenvalue weighted by Crippen LogP contribution is 2.59. The van der Waals surface area contributed by atoms with Crippen LogP contribution in [0.25, 0.3) is 0 Å². The second kappa shape index (κ2) is 10.8. The average Bonchev–Trinajstić information content (AvgIpc) is 3.25. The van der Waals surface area contributed by atoms with E-state index in [0.29, 0.717) is 51.1 Å². The molecule has 4 aromatic carbocycles. The zero-order chi connectivity index (χ0) is 28.7. The van der Waals surface area contributed by atoms with Crippen molar-refractivity contribution < 1.29 is 27.8 Å². The van der Waals surface area contributed by atoms with Crippen LogP contribution < -0.4 is 20.1 Å². The summed E-state index contributed by atoms with van der Waals surface area (Å²) in [6, 6.07) is 21.7. The fourth-order valence-electron chi connectivity index (χ4n) is 6.18. The Labute approximate surface area is 241 Å². The van der Waals surface area contributed by atoms with Crippen molar-refractivity contribution in [3.63, 3.8) is 0 Å². The van der Waals surface area contributed by atoms with Gasteiger partial charge in [-0.05, 0) is 84.3 Å². The molecule has 6 nitrogen and oxygen atoms in total. The molecule has 0 aliphatic carbocycles. The summed E-state index contributed by atoms with van der Waals surface area (Å²) in [7, 11) is 3.12. The predicted octanol–water partition coefficient (Wildman–Crippen LogP) is 7.10. The van der Waals surface area contributed by atoms with Gasteiger partial charge in [0.2, 0.25) is 5.91 Å². The van der Waals surface area contributed by atoms with Crippen LogP contribution in [0.2, 0.25) is 5.02 Å². The number of piperidine rings is 1. The molecule has 1 unspecified atom stereocenters. The Bertz CT molecular complexity index is 1620. The summed E-state index contributed by atoms with van der Waals surface area (Å²) in [6.07, 6.45) is -0.198. The number of ether oxygens (including phenoxy) is 3. The van der Waals surface area contributed by atoms with Gasteiger partial charge in [-0.3, -0.25) is 10.1 Å². The third-order valence-corrected chi connectivity index (χ3v) is 8.20. The van der Waals surface area contributed by atoms with E-state index >= 15 is 4.39 Å². The molecule has 0 aromatic heterocycles. The molecular formula is C32H27ClF2N2O4. The Hall–Kier alpha value is -3.98. The van der Waals surface area contributed by atoms with Gasteiger partial charge in [0.25, 0.3) is 0 Å². The van der Waals surface area contributed by atoms with E-state index < -0.39 is 35.2 Å². The second-order valence-electron chi connectivity index (χ2n) is 10.1. The van der Waals surface area contributed by atoms with Crippen LogP contribution >= 0.6 is 11.6 Å². The lowest BCUT2D eigenvalue weighted by Crippen LogP contribution is -2.58. The summed E-state index contributed by atoms with van der Waals surface area (Å²) in [5, 5.41) is 6.90. The fourth-order valence-corrected chi connectivity index (χ4v) is 6.35. The van der Waals surface area contributed by atoms with Gasteiger partial charge in [-0.1, -0.05) is 29.8 Å². The van der Waals surface area contributed by atoms with Crippen LogP contribution in [-0.2, 0) is 14.9 Å². The van der Waals surface area contributed by atoms with E-state index in [2.05, 4.69) is 10.6 Å². The van der Waals surface area contributed by atoms with Crippen LogP contribution in [-0.4, -0.2) is 26.4 Å². The first kappa shape index (κ1) is 27.2. The minimum Gasteiger partial charge on any atom is -0.497 e. The Morgan fingerprint density at radius 2 is 1.66 bits per heavy atom. The van der Waals surface area contributed by atoms with E-state index in [9.17, 15) is 9.18 Å². The van der Waals surface area contributed by atoms with Crippen molar-refractivity contribution in [2.24, 2.45) is 0 Å². The van der Waals surface area contributed by atoms with Crippen LogP contribution in [0, 0.1) is 11.6 Å². The number of halogens is 3. The van der Waals surface area contributed by atoms with Crippen molar-refractivity contribution >= 4 is 23.2 Å². The standard InChI is InChI=1S/C32H27ClF2N2O4/c1-39-22-8-10-23(11-9-22)41-28-13-7-21(35)16-24(28)30-32(25-12-6-19(33)15-27(25)36-31(32)38)26(17-29(37-30)40-2)18-4-3-5-20(34)14-18/h3-16,26,29-30,37H,17H2,1-2H3,(H,36,38)/t26-,29?,30+,32-/m0/s1. The zero-order valence-corrected chi connectivity index (χ0v) is 23.0. The van der Waals surface area contributed by atoms with Crippen molar-refractivity contribution in [2.45, 2.75) is 30.0 Å². The van der Waals surface area contributed by atoms with E-state index in [-0.39, 0.29) is 5.91 Å². The number of hydrogen-bond donors (Lipinski definition) is 2. The highest BCUT2D eigenvalue weighted by molar-refractivity contribution is 6.31. The van der Waals surface area contributed by atoms with Gasteiger partial charge in [0.15, 0.2) is 0 Å². The number of anilines is 1. The van der Waals surface area contributed by atoms with Gasteiger partial charge in [0.1, 0.15) is 40.5 Å². The number of nitrogens with one attached hydrogen (secondary N) is 2. The lowest BCUT2D eigenvalue weighted by Gasteiger charge is -2.49. The number of benzene rings is 4. The van der Waals surface area contributed by atoms with Crippen molar-refractivity contribution in [3.8, 4) is 17.2 Å². The number of methoxy groups -OCH3 is 2. The monoisotopic (exact) mass is 576 g/mol. The first-order valence-corrected chi connectivity index (χ1v) is 13.5. The minimum atomic E-state index is -1.34. The van der Waals surface area contributed by atoms with E-state index in [4.69, 9.17) is 25.8 Å². The maximum Gasteiger partial charge on any atom is 0.237 e. The van der Waals surface area contributed by atoms with Gasteiger partial charge in [-0.2, -0.15) is 0 Å². The van der Waals surface area contributed by atoms with Crippen LogP contribution in [0.4, 0.5) is 14.5 Å². The topological polar surface area (TPSA) is 68.8 Å². The van der Waals surface area contributed by atoms with E-state index in [0.717, 1.165) is 0 Å². The van der Waals surface area contributed by atoms with Gasteiger partial charge < -0.3 is 19.5 Å². The molecular weight excluding hydrogens is 550 g/mol. The zero-order valence-electron chi connectivity index (χ0n) is 22.3. The third kappa shape index (κ3) is 4.72. The van der Waals surface area contributed by atoms with Crippen molar-refractivity contribution in [3.05, 3.63) is 118 Å². The van der Waals surface area contributed by atoms with E-state index in [1.165, 1.54) is 30.3 Å². The molecule has 2 heterocycles. The Morgan fingerprint density at radius 1 is 0.902 bits per heavy atom. The lowest BCUT2D eigenvalue weighted by atomic mass is 9.59. The molecule has 0 radical (unpaired) electrons. The molecule has 1 amide bonds. The summed E-state index contributed by atoms with van der Waals surface area (Å²) >= 11 is 6.31. The van der Waals surface area contributed by atoms with Gasteiger partial charge >= 0.3 is 0 Å². The van der Waals surface area contributed by atoms with Crippen LogP contribution in [0.5, 0.6) is 17.2 Å². The fraction of sp³-hybridized carbons (Fsp3) is 0.219. The molecule has 1 saturated heterocycles. The average molecular weight is 577 g/mol. The summed E-state index contributed by atoms with van der Waals surface area (Å²) in [4.78, 5) is 14.3. The summed E-state index contributed by atoms with van der Waals surface area (Å²) in [5.74, 6) is -0.315. The second-order valence-corrected chi connectivity index (χ2v) is 10.6. The first-order chi connectivity index (χ1) is 19.8. The summed E-state index contributed by atoms with van der Waals surface area (Å²) in [6.45, 7) is 0. The molecule has 0 bridgehead atoms. The quantitative estimate of drug-likeness (QED) is 0.256. The highest BCUT2D eigenvalue weighted by atomic mass is 35.5.